The lowest BCUT2D eigenvalue weighted by atomic mass is 9.82. The summed E-state index contributed by atoms with van der Waals surface area (Å²) in [6, 6.07) is 15.9. The van der Waals surface area contributed by atoms with Gasteiger partial charge >= 0.3 is 0 Å². The summed E-state index contributed by atoms with van der Waals surface area (Å²) in [4.78, 5) is 12.6. The summed E-state index contributed by atoms with van der Waals surface area (Å²) in [5, 5.41) is 14.4. The maximum absolute atomic E-state index is 12.6. The Kier molecular flexibility index (Phi) is 3.62. The number of hydrogen-bond acceptors (Lipinski definition) is 2. The quantitative estimate of drug-likeness (QED) is 0.908. The number of amides is 1. The molecule has 3 rings (SSSR count). The second kappa shape index (κ2) is 5.57. The highest BCUT2D eigenvalue weighted by molar-refractivity contribution is 6.07. The maximum Gasteiger partial charge on any atom is 0.253 e. The largest absolute Gasteiger partial charge is 0.334 e. The van der Waals surface area contributed by atoms with Crippen LogP contribution in [0.25, 0.3) is 10.8 Å². The molecule has 0 atom stereocenters. The van der Waals surface area contributed by atoms with E-state index in [0.29, 0.717) is 5.56 Å². The van der Waals surface area contributed by atoms with Crippen molar-refractivity contribution in [3.63, 3.8) is 0 Å². The lowest BCUT2D eigenvalue weighted by Gasteiger charge is -2.31. The van der Waals surface area contributed by atoms with Crippen LogP contribution in [0.2, 0.25) is 0 Å². The van der Waals surface area contributed by atoms with Crippen LogP contribution in [0.15, 0.2) is 42.5 Å². The Morgan fingerprint density at radius 2 is 1.76 bits per heavy atom. The van der Waals surface area contributed by atoms with E-state index in [9.17, 15) is 10.1 Å². The van der Waals surface area contributed by atoms with Gasteiger partial charge in [0.2, 0.25) is 0 Å². The van der Waals surface area contributed by atoms with Crippen LogP contribution in [-0.4, -0.2) is 11.4 Å². The van der Waals surface area contributed by atoms with Crippen molar-refractivity contribution >= 4 is 16.7 Å². The zero-order chi connectivity index (χ0) is 14.7. The van der Waals surface area contributed by atoms with E-state index in [1.807, 2.05) is 42.5 Å². The topological polar surface area (TPSA) is 52.9 Å². The van der Waals surface area contributed by atoms with E-state index in [-0.39, 0.29) is 5.91 Å². The number of benzene rings is 2. The molecule has 0 saturated heterocycles. The molecule has 0 radical (unpaired) electrons. The summed E-state index contributed by atoms with van der Waals surface area (Å²) in [7, 11) is 0. The predicted octanol–water partition coefficient (Wildman–Crippen LogP) is 3.80. The Labute approximate surface area is 124 Å². The molecule has 0 aromatic heterocycles. The van der Waals surface area contributed by atoms with E-state index in [0.717, 1.165) is 42.9 Å². The second-order valence-corrected chi connectivity index (χ2v) is 5.74. The molecule has 0 aliphatic heterocycles. The van der Waals surface area contributed by atoms with E-state index in [4.69, 9.17) is 0 Å². The van der Waals surface area contributed by atoms with Gasteiger partial charge in [-0.05, 0) is 29.7 Å². The maximum atomic E-state index is 12.6. The van der Waals surface area contributed by atoms with Gasteiger partial charge in [-0.1, -0.05) is 55.7 Å². The molecular formula is C18H18N2O. The molecule has 0 unspecified atom stereocenters. The molecule has 3 nitrogen and oxygen atoms in total. The molecule has 1 fully saturated rings. The van der Waals surface area contributed by atoms with Crippen molar-refractivity contribution in [3.8, 4) is 6.07 Å². The Morgan fingerprint density at radius 3 is 2.52 bits per heavy atom. The highest BCUT2D eigenvalue weighted by Crippen LogP contribution is 2.28. The lowest BCUT2D eigenvalue weighted by Crippen LogP contribution is -2.48. The first-order valence-corrected chi connectivity index (χ1v) is 7.46. The Balaban J connectivity index is 1.92. The van der Waals surface area contributed by atoms with Crippen LogP contribution >= 0.6 is 0 Å². The lowest BCUT2D eigenvalue weighted by molar-refractivity contribution is 0.0904. The number of carbonyl (C=O) groups excluding carboxylic acids is 1. The van der Waals surface area contributed by atoms with Crippen molar-refractivity contribution in [3.05, 3.63) is 48.0 Å². The predicted molar refractivity (Wildman–Crippen MR) is 82.8 cm³/mol. The number of nitrogens with zero attached hydrogens (tertiary/aromatic N) is 1. The number of fused-ring (bicyclic) bond motifs is 1. The molecule has 1 amide bonds. The summed E-state index contributed by atoms with van der Waals surface area (Å²) in [5.74, 6) is -0.143. The van der Waals surface area contributed by atoms with Crippen molar-refractivity contribution in [1.82, 2.24) is 5.32 Å². The van der Waals surface area contributed by atoms with Gasteiger partial charge in [-0.3, -0.25) is 4.79 Å². The van der Waals surface area contributed by atoms with Crippen LogP contribution < -0.4 is 5.32 Å². The van der Waals surface area contributed by atoms with Gasteiger partial charge in [0.15, 0.2) is 0 Å². The minimum absolute atomic E-state index is 0.143. The minimum Gasteiger partial charge on any atom is -0.334 e. The van der Waals surface area contributed by atoms with Crippen molar-refractivity contribution in [1.29, 1.82) is 5.26 Å². The van der Waals surface area contributed by atoms with E-state index >= 15 is 0 Å². The molecular weight excluding hydrogens is 260 g/mol. The average Bonchev–Trinajstić information content (AvgIpc) is 2.55. The van der Waals surface area contributed by atoms with E-state index < -0.39 is 5.54 Å². The standard InChI is InChI=1S/C18H18N2O/c19-13-18(11-4-1-5-12-18)20-17(21)16-10-6-8-14-7-2-3-9-15(14)16/h2-3,6-10H,1,4-5,11-12H2,(H,20,21). The molecule has 0 heterocycles. The molecule has 1 aliphatic carbocycles. The fraction of sp³-hybridized carbons (Fsp3) is 0.333. The van der Waals surface area contributed by atoms with Gasteiger partial charge in [-0.25, -0.2) is 0 Å². The van der Waals surface area contributed by atoms with E-state index in [1.54, 1.807) is 0 Å². The number of hydrogen-bond donors (Lipinski definition) is 1. The highest BCUT2D eigenvalue weighted by Gasteiger charge is 2.34. The van der Waals surface area contributed by atoms with E-state index in [1.165, 1.54) is 0 Å². The van der Waals surface area contributed by atoms with Gasteiger partial charge in [-0.2, -0.15) is 5.26 Å². The molecule has 106 valence electrons. The van der Waals surface area contributed by atoms with Crippen LogP contribution in [0.4, 0.5) is 0 Å². The number of rotatable bonds is 2. The SMILES string of the molecule is N#CC1(NC(=O)c2cccc3ccccc23)CCCCC1. The average molecular weight is 278 g/mol. The summed E-state index contributed by atoms with van der Waals surface area (Å²) in [5.41, 5.74) is -0.0416. The second-order valence-electron chi connectivity index (χ2n) is 5.74. The van der Waals surface area contributed by atoms with Crippen LogP contribution in [-0.2, 0) is 0 Å². The van der Waals surface area contributed by atoms with Crippen LogP contribution in [0.5, 0.6) is 0 Å². The van der Waals surface area contributed by atoms with Crippen molar-refractivity contribution in [2.75, 3.05) is 0 Å². The zero-order valence-electron chi connectivity index (χ0n) is 11.9. The molecule has 2 aromatic rings. The normalized spacial score (nSPS) is 17.1. The smallest absolute Gasteiger partial charge is 0.253 e. The fourth-order valence-corrected chi connectivity index (χ4v) is 3.13. The van der Waals surface area contributed by atoms with Crippen molar-refractivity contribution in [2.24, 2.45) is 0 Å². The molecule has 21 heavy (non-hydrogen) atoms. The third-order valence-corrected chi connectivity index (χ3v) is 4.31. The Bertz CT molecular complexity index is 703. The molecule has 1 saturated carbocycles. The summed E-state index contributed by atoms with van der Waals surface area (Å²) in [6.07, 6.45) is 4.65. The number of nitrogens with one attached hydrogen (secondary N) is 1. The van der Waals surface area contributed by atoms with Gasteiger partial charge in [0, 0.05) is 5.56 Å². The first-order valence-electron chi connectivity index (χ1n) is 7.46. The van der Waals surface area contributed by atoms with Crippen molar-refractivity contribution in [2.45, 2.75) is 37.6 Å². The molecule has 0 bridgehead atoms. The Morgan fingerprint density at radius 1 is 1.05 bits per heavy atom. The van der Waals surface area contributed by atoms with Gasteiger partial charge in [0.05, 0.1) is 6.07 Å². The molecule has 2 aromatic carbocycles. The number of nitriles is 1. The molecule has 3 heteroatoms. The van der Waals surface area contributed by atoms with Gasteiger partial charge < -0.3 is 5.32 Å². The molecule has 0 spiro atoms. The third-order valence-electron chi connectivity index (χ3n) is 4.31. The van der Waals surface area contributed by atoms with E-state index in [2.05, 4.69) is 11.4 Å². The van der Waals surface area contributed by atoms with Crippen LogP contribution in [0, 0.1) is 11.3 Å². The van der Waals surface area contributed by atoms with Crippen LogP contribution in [0.1, 0.15) is 42.5 Å². The summed E-state index contributed by atoms with van der Waals surface area (Å²) >= 11 is 0. The van der Waals surface area contributed by atoms with Gasteiger partial charge in [0.25, 0.3) is 5.91 Å². The third kappa shape index (κ3) is 2.62. The summed E-state index contributed by atoms with van der Waals surface area (Å²) < 4.78 is 0. The minimum atomic E-state index is -0.688. The monoisotopic (exact) mass is 278 g/mol. The Hall–Kier alpha value is -2.34. The van der Waals surface area contributed by atoms with Gasteiger partial charge in [0.1, 0.15) is 5.54 Å². The molecule has 1 aliphatic rings. The number of carbonyl (C=O) groups is 1. The molecule has 1 N–H and O–H groups in total. The van der Waals surface area contributed by atoms with Gasteiger partial charge in [-0.15, -0.1) is 0 Å². The zero-order valence-corrected chi connectivity index (χ0v) is 11.9. The summed E-state index contributed by atoms with van der Waals surface area (Å²) in [6.45, 7) is 0. The fourth-order valence-electron chi connectivity index (χ4n) is 3.13. The first-order chi connectivity index (χ1) is 10.2. The first kappa shape index (κ1) is 13.6. The van der Waals surface area contributed by atoms with Crippen molar-refractivity contribution < 1.29 is 4.79 Å². The highest BCUT2D eigenvalue weighted by atomic mass is 16.1. The van der Waals surface area contributed by atoms with Crippen LogP contribution in [0.3, 0.4) is 0 Å².